The number of benzene rings is 2. The predicted molar refractivity (Wildman–Crippen MR) is 93.4 cm³/mol. The lowest BCUT2D eigenvalue weighted by Crippen LogP contribution is -2.08. The number of nitrogens with zero attached hydrogens (tertiary/aromatic N) is 3. The minimum absolute atomic E-state index is 0.255. The topological polar surface area (TPSA) is 81.2 Å². The van der Waals surface area contributed by atoms with Gasteiger partial charge in [-0.3, -0.25) is 0 Å². The van der Waals surface area contributed by atoms with Crippen molar-refractivity contribution in [3.63, 3.8) is 0 Å². The third-order valence-corrected chi connectivity index (χ3v) is 3.83. The van der Waals surface area contributed by atoms with Gasteiger partial charge in [-0.05, 0) is 35.4 Å². The van der Waals surface area contributed by atoms with E-state index in [4.69, 9.17) is 9.47 Å². The molecule has 0 fully saturated rings. The number of anilines is 2. The number of aromatic nitrogens is 3. The Labute approximate surface area is 149 Å². The first-order chi connectivity index (χ1) is 12.8. The van der Waals surface area contributed by atoms with E-state index >= 15 is 0 Å². The van der Waals surface area contributed by atoms with E-state index in [1.807, 2.05) is 18.2 Å². The van der Waals surface area contributed by atoms with Crippen molar-refractivity contribution in [1.29, 1.82) is 0 Å². The monoisotopic (exact) mass is 353 g/mol. The van der Waals surface area contributed by atoms with Crippen LogP contribution in [0, 0.1) is 5.82 Å². The van der Waals surface area contributed by atoms with E-state index < -0.39 is 0 Å². The van der Waals surface area contributed by atoms with Crippen molar-refractivity contribution in [2.45, 2.75) is 13.1 Å². The SMILES string of the molecule is Fc1ccc(CNc2nncc(NCc3ccc4c(c3)OCO4)n2)cc1. The molecule has 0 radical (unpaired) electrons. The van der Waals surface area contributed by atoms with Crippen molar-refractivity contribution in [2.75, 3.05) is 17.4 Å². The van der Waals surface area contributed by atoms with Crippen LogP contribution in [-0.2, 0) is 13.1 Å². The van der Waals surface area contributed by atoms with Crippen molar-refractivity contribution < 1.29 is 13.9 Å². The maximum absolute atomic E-state index is 12.9. The first-order valence-electron chi connectivity index (χ1n) is 8.07. The van der Waals surface area contributed by atoms with Crippen LogP contribution in [0.4, 0.5) is 16.2 Å². The van der Waals surface area contributed by atoms with Crippen molar-refractivity contribution in [1.82, 2.24) is 15.2 Å². The molecular formula is C18H16FN5O2. The Hall–Kier alpha value is -3.42. The molecule has 0 unspecified atom stereocenters. The second-order valence-electron chi connectivity index (χ2n) is 5.69. The average molecular weight is 353 g/mol. The van der Waals surface area contributed by atoms with Crippen LogP contribution in [0.1, 0.15) is 11.1 Å². The van der Waals surface area contributed by atoms with Gasteiger partial charge in [-0.2, -0.15) is 10.1 Å². The lowest BCUT2D eigenvalue weighted by Gasteiger charge is -2.08. The molecule has 3 aromatic rings. The van der Waals surface area contributed by atoms with E-state index in [0.717, 1.165) is 22.6 Å². The quantitative estimate of drug-likeness (QED) is 0.705. The van der Waals surface area contributed by atoms with Crippen molar-refractivity contribution in [2.24, 2.45) is 0 Å². The van der Waals surface area contributed by atoms with E-state index in [2.05, 4.69) is 25.8 Å². The van der Waals surface area contributed by atoms with Crippen LogP contribution < -0.4 is 20.1 Å². The van der Waals surface area contributed by atoms with Gasteiger partial charge in [0, 0.05) is 13.1 Å². The maximum Gasteiger partial charge on any atom is 0.244 e. The normalized spacial score (nSPS) is 12.0. The maximum atomic E-state index is 12.9. The Bertz CT molecular complexity index is 904. The Morgan fingerprint density at radius 3 is 2.58 bits per heavy atom. The fourth-order valence-corrected chi connectivity index (χ4v) is 2.49. The molecule has 26 heavy (non-hydrogen) atoms. The van der Waals surface area contributed by atoms with Gasteiger partial charge in [0.1, 0.15) is 5.82 Å². The zero-order valence-corrected chi connectivity index (χ0v) is 13.8. The van der Waals surface area contributed by atoms with Crippen LogP contribution in [0.25, 0.3) is 0 Å². The second kappa shape index (κ2) is 7.22. The van der Waals surface area contributed by atoms with E-state index in [0.29, 0.717) is 24.9 Å². The van der Waals surface area contributed by atoms with Crippen LogP contribution in [0.15, 0.2) is 48.7 Å². The van der Waals surface area contributed by atoms with Crippen molar-refractivity contribution >= 4 is 11.8 Å². The Morgan fingerprint density at radius 1 is 0.923 bits per heavy atom. The molecule has 0 saturated carbocycles. The van der Waals surface area contributed by atoms with E-state index in [1.54, 1.807) is 18.3 Å². The van der Waals surface area contributed by atoms with Crippen LogP contribution >= 0.6 is 0 Å². The summed E-state index contributed by atoms with van der Waals surface area (Å²) in [6, 6.07) is 12.0. The number of hydrogen-bond acceptors (Lipinski definition) is 7. The zero-order valence-electron chi connectivity index (χ0n) is 13.8. The van der Waals surface area contributed by atoms with E-state index in [-0.39, 0.29) is 12.6 Å². The van der Waals surface area contributed by atoms with Gasteiger partial charge in [0.05, 0.1) is 6.20 Å². The summed E-state index contributed by atoms with van der Waals surface area (Å²) >= 11 is 0. The van der Waals surface area contributed by atoms with Gasteiger partial charge in [0.25, 0.3) is 0 Å². The molecule has 2 heterocycles. The fourth-order valence-electron chi connectivity index (χ4n) is 2.49. The van der Waals surface area contributed by atoms with Crippen molar-refractivity contribution in [3.05, 3.63) is 65.6 Å². The van der Waals surface area contributed by atoms with Gasteiger partial charge in [0.2, 0.25) is 12.7 Å². The molecule has 132 valence electrons. The molecule has 0 aliphatic carbocycles. The molecule has 4 rings (SSSR count). The molecule has 1 aromatic heterocycles. The first kappa shape index (κ1) is 16.1. The molecule has 2 N–H and O–H groups in total. The number of nitrogens with one attached hydrogen (secondary N) is 2. The molecule has 0 saturated heterocycles. The molecule has 7 nitrogen and oxygen atoms in total. The Kier molecular flexibility index (Phi) is 4.46. The van der Waals surface area contributed by atoms with E-state index in [1.165, 1.54) is 12.1 Å². The molecule has 0 atom stereocenters. The predicted octanol–water partition coefficient (Wildman–Crippen LogP) is 2.96. The van der Waals surface area contributed by atoms with Gasteiger partial charge in [-0.1, -0.05) is 18.2 Å². The van der Waals surface area contributed by atoms with Gasteiger partial charge in [0.15, 0.2) is 17.3 Å². The highest BCUT2D eigenvalue weighted by atomic mass is 19.1. The van der Waals surface area contributed by atoms with Crippen LogP contribution in [0.5, 0.6) is 11.5 Å². The van der Waals surface area contributed by atoms with E-state index in [9.17, 15) is 4.39 Å². The van der Waals surface area contributed by atoms with Crippen LogP contribution in [-0.4, -0.2) is 22.0 Å². The number of halogens is 1. The second-order valence-corrected chi connectivity index (χ2v) is 5.69. The summed E-state index contributed by atoms with van der Waals surface area (Å²) in [5, 5.41) is 14.2. The van der Waals surface area contributed by atoms with Gasteiger partial charge < -0.3 is 20.1 Å². The molecule has 8 heteroatoms. The molecule has 1 aliphatic rings. The highest BCUT2D eigenvalue weighted by Gasteiger charge is 2.13. The summed E-state index contributed by atoms with van der Waals surface area (Å²) in [5.74, 6) is 2.22. The number of rotatable bonds is 6. The molecule has 0 bridgehead atoms. The average Bonchev–Trinajstić information content (AvgIpc) is 3.14. The first-order valence-corrected chi connectivity index (χ1v) is 8.07. The van der Waals surface area contributed by atoms with Gasteiger partial charge >= 0.3 is 0 Å². The summed E-state index contributed by atoms with van der Waals surface area (Å²) in [6.45, 7) is 1.30. The van der Waals surface area contributed by atoms with Crippen molar-refractivity contribution in [3.8, 4) is 11.5 Å². The smallest absolute Gasteiger partial charge is 0.244 e. The third kappa shape index (κ3) is 3.80. The molecule has 0 spiro atoms. The molecule has 2 aromatic carbocycles. The Balaban J connectivity index is 1.35. The highest BCUT2D eigenvalue weighted by molar-refractivity contribution is 5.46. The molecule has 1 aliphatic heterocycles. The van der Waals surface area contributed by atoms with Crippen LogP contribution in [0.2, 0.25) is 0 Å². The minimum Gasteiger partial charge on any atom is -0.454 e. The number of fused-ring (bicyclic) bond motifs is 1. The summed E-state index contributed by atoms with van der Waals surface area (Å²) in [5.41, 5.74) is 1.96. The zero-order chi connectivity index (χ0) is 17.8. The fraction of sp³-hybridized carbons (Fsp3) is 0.167. The highest BCUT2D eigenvalue weighted by Crippen LogP contribution is 2.32. The van der Waals surface area contributed by atoms with Gasteiger partial charge in [-0.15, -0.1) is 5.10 Å². The number of hydrogen-bond donors (Lipinski definition) is 2. The third-order valence-electron chi connectivity index (χ3n) is 3.83. The minimum atomic E-state index is -0.263. The summed E-state index contributed by atoms with van der Waals surface area (Å²) in [7, 11) is 0. The largest absolute Gasteiger partial charge is 0.454 e. The summed E-state index contributed by atoms with van der Waals surface area (Å²) in [6.07, 6.45) is 1.55. The Morgan fingerprint density at radius 2 is 1.69 bits per heavy atom. The lowest BCUT2D eigenvalue weighted by molar-refractivity contribution is 0.174. The summed E-state index contributed by atoms with van der Waals surface area (Å²) in [4.78, 5) is 4.37. The standard InChI is InChI=1S/C18H16FN5O2/c19-14-4-1-12(2-5-14)8-21-18-23-17(10-22-24-18)20-9-13-3-6-15-16(7-13)26-11-25-15/h1-7,10H,8-9,11H2,(H2,20,21,23,24). The molecular weight excluding hydrogens is 337 g/mol. The molecule has 0 amide bonds. The van der Waals surface area contributed by atoms with Gasteiger partial charge in [-0.25, -0.2) is 4.39 Å². The van der Waals surface area contributed by atoms with Crippen LogP contribution in [0.3, 0.4) is 0 Å². The number of ether oxygens (including phenoxy) is 2. The summed E-state index contributed by atoms with van der Waals surface area (Å²) < 4.78 is 23.6. The lowest BCUT2D eigenvalue weighted by atomic mass is 10.2.